The quantitative estimate of drug-likeness (QED) is 0.752. The van der Waals surface area contributed by atoms with Crippen molar-refractivity contribution in [2.75, 3.05) is 39.4 Å². The number of morpholine rings is 1. The van der Waals surface area contributed by atoms with E-state index in [0.29, 0.717) is 27.3 Å². The van der Waals surface area contributed by atoms with Gasteiger partial charge in [-0.1, -0.05) is 6.07 Å². The van der Waals surface area contributed by atoms with Gasteiger partial charge in [0.1, 0.15) is 10.5 Å². The van der Waals surface area contributed by atoms with Crippen LogP contribution in [-0.4, -0.2) is 59.6 Å². The monoisotopic (exact) mass is 358 g/mol. The highest BCUT2D eigenvalue weighted by atomic mass is 32.1. The van der Waals surface area contributed by atoms with Crippen LogP contribution in [0.4, 0.5) is 0 Å². The predicted molar refractivity (Wildman–Crippen MR) is 96.4 cm³/mol. The molecular formula is C17H18N4O3S. The number of thiophene rings is 1. The summed E-state index contributed by atoms with van der Waals surface area (Å²) in [5.41, 5.74) is 0.436. The maximum atomic E-state index is 12.5. The van der Waals surface area contributed by atoms with Crippen molar-refractivity contribution in [2.24, 2.45) is 0 Å². The van der Waals surface area contributed by atoms with Crippen LogP contribution in [0, 0.1) is 0 Å². The molecule has 0 atom stereocenters. The molecule has 0 radical (unpaired) electrons. The molecule has 1 aliphatic heterocycles. The highest BCUT2D eigenvalue weighted by Crippen LogP contribution is 2.21. The molecule has 130 valence electrons. The largest absolute Gasteiger partial charge is 0.379 e. The summed E-state index contributed by atoms with van der Waals surface area (Å²) in [4.78, 5) is 32.7. The third kappa shape index (κ3) is 3.28. The molecule has 4 rings (SSSR count). The average molecular weight is 358 g/mol. The van der Waals surface area contributed by atoms with Crippen molar-refractivity contribution >= 4 is 33.1 Å². The van der Waals surface area contributed by atoms with E-state index < -0.39 is 0 Å². The van der Waals surface area contributed by atoms with Crippen LogP contribution in [0.1, 0.15) is 9.67 Å². The number of rotatable bonds is 4. The minimum absolute atomic E-state index is 0.149. The van der Waals surface area contributed by atoms with E-state index in [1.54, 1.807) is 24.4 Å². The van der Waals surface area contributed by atoms with Crippen LogP contribution in [0.5, 0.6) is 0 Å². The van der Waals surface area contributed by atoms with Gasteiger partial charge in [-0.2, -0.15) is 0 Å². The van der Waals surface area contributed by atoms with Crippen molar-refractivity contribution in [3.05, 3.63) is 45.7 Å². The molecule has 0 spiro atoms. The van der Waals surface area contributed by atoms with Crippen molar-refractivity contribution in [3.63, 3.8) is 0 Å². The van der Waals surface area contributed by atoms with Crippen LogP contribution >= 0.6 is 11.3 Å². The zero-order valence-corrected chi connectivity index (χ0v) is 14.4. The molecule has 1 fully saturated rings. The van der Waals surface area contributed by atoms with Gasteiger partial charge in [0.05, 0.1) is 23.5 Å². The molecule has 3 aromatic rings. The van der Waals surface area contributed by atoms with E-state index in [9.17, 15) is 9.59 Å². The minimum atomic E-state index is -0.162. The van der Waals surface area contributed by atoms with Gasteiger partial charge in [-0.3, -0.25) is 18.9 Å². The molecule has 0 unspecified atom stereocenters. The van der Waals surface area contributed by atoms with Crippen LogP contribution in [0.25, 0.3) is 15.9 Å². The number of amides is 1. The number of carbonyl (C=O) groups excluding carboxylic acids is 1. The zero-order valence-electron chi connectivity index (χ0n) is 13.6. The first-order valence-electron chi connectivity index (χ1n) is 8.21. The Kier molecular flexibility index (Phi) is 4.48. The van der Waals surface area contributed by atoms with E-state index in [-0.39, 0.29) is 11.5 Å². The van der Waals surface area contributed by atoms with Crippen LogP contribution in [0.2, 0.25) is 0 Å². The van der Waals surface area contributed by atoms with Crippen LogP contribution in [0.3, 0.4) is 0 Å². The second-order valence-electron chi connectivity index (χ2n) is 5.89. The molecule has 0 aromatic carbocycles. The molecule has 1 saturated heterocycles. The Bertz CT molecular complexity index is 975. The molecule has 8 heteroatoms. The second-order valence-corrected chi connectivity index (χ2v) is 6.92. The van der Waals surface area contributed by atoms with Gasteiger partial charge in [0.2, 0.25) is 0 Å². The zero-order chi connectivity index (χ0) is 17.2. The van der Waals surface area contributed by atoms with Crippen LogP contribution in [-0.2, 0) is 4.74 Å². The summed E-state index contributed by atoms with van der Waals surface area (Å²) in [5.74, 6) is -0.162. The number of ether oxygens (including phenoxy) is 1. The Morgan fingerprint density at radius 1 is 1.32 bits per heavy atom. The molecule has 1 N–H and O–H groups in total. The lowest BCUT2D eigenvalue weighted by molar-refractivity contribution is 0.0383. The lowest BCUT2D eigenvalue weighted by atomic mass is 10.3. The van der Waals surface area contributed by atoms with Crippen molar-refractivity contribution in [3.8, 4) is 0 Å². The highest BCUT2D eigenvalue weighted by Gasteiger charge is 2.15. The molecule has 4 heterocycles. The smallest absolute Gasteiger partial charge is 0.266 e. The number of hydrogen-bond acceptors (Lipinski definition) is 6. The van der Waals surface area contributed by atoms with Gasteiger partial charge < -0.3 is 10.1 Å². The number of nitrogens with one attached hydrogen (secondary N) is 1. The first-order chi connectivity index (χ1) is 12.2. The summed E-state index contributed by atoms with van der Waals surface area (Å²) in [6.45, 7) is 4.64. The lowest BCUT2D eigenvalue weighted by Crippen LogP contribution is -2.41. The summed E-state index contributed by atoms with van der Waals surface area (Å²) < 4.78 is 6.80. The van der Waals surface area contributed by atoms with E-state index in [2.05, 4.69) is 15.2 Å². The summed E-state index contributed by atoms with van der Waals surface area (Å²) >= 11 is 1.25. The van der Waals surface area contributed by atoms with Crippen molar-refractivity contribution in [2.45, 2.75) is 0 Å². The molecule has 0 bridgehead atoms. The topological polar surface area (TPSA) is 75.9 Å². The molecule has 1 amide bonds. The van der Waals surface area contributed by atoms with Crippen molar-refractivity contribution in [1.29, 1.82) is 0 Å². The summed E-state index contributed by atoms with van der Waals surface area (Å²) in [7, 11) is 0. The van der Waals surface area contributed by atoms with Gasteiger partial charge in [0.25, 0.3) is 11.5 Å². The SMILES string of the molecule is O=C(NCCN1CCOCC1)c1cc2c(=O)n3ccccc3nc2s1. The number of fused-ring (bicyclic) bond motifs is 2. The number of aromatic nitrogens is 2. The number of hydrogen-bond donors (Lipinski definition) is 1. The normalized spacial score (nSPS) is 15.7. The Morgan fingerprint density at radius 2 is 2.16 bits per heavy atom. The highest BCUT2D eigenvalue weighted by molar-refractivity contribution is 7.20. The first-order valence-corrected chi connectivity index (χ1v) is 9.03. The second kappa shape index (κ2) is 6.91. The number of pyridine rings is 1. The van der Waals surface area contributed by atoms with E-state index in [1.807, 2.05) is 6.07 Å². The van der Waals surface area contributed by atoms with Gasteiger partial charge in [-0.15, -0.1) is 11.3 Å². The first kappa shape index (κ1) is 16.2. The summed E-state index contributed by atoms with van der Waals surface area (Å²) in [6, 6.07) is 7.04. The Labute approximate surface area is 147 Å². The predicted octanol–water partition coefficient (Wildman–Crippen LogP) is 0.971. The van der Waals surface area contributed by atoms with Gasteiger partial charge >= 0.3 is 0 Å². The molecule has 7 nitrogen and oxygen atoms in total. The fraction of sp³-hybridized carbons (Fsp3) is 0.353. The van der Waals surface area contributed by atoms with Crippen molar-refractivity contribution in [1.82, 2.24) is 19.6 Å². The summed E-state index contributed by atoms with van der Waals surface area (Å²) in [5, 5.41) is 3.40. The van der Waals surface area contributed by atoms with Gasteiger partial charge in [0, 0.05) is 32.4 Å². The molecule has 25 heavy (non-hydrogen) atoms. The number of carbonyl (C=O) groups is 1. The van der Waals surface area contributed by atoms with Gasteiger partial charge in [-0.25, -0.2) is 4.98 Å². The van der Waals surface area contributed by atoms with E-state index in [4.69, 9.17) is 4.74 Å². The Morgan fingerprint density at radius 3 is 3.00 bits per heavy atom. The van der Waals surface area contributed by atoms with Crippen molar-refractivity contribution < 1.29 is 9.53 Å². The van der Waals surface area contributed by atoms with E-state index in [1.165, 1.54) is 15.7 Å². The fourth-order valence-electron chi connectivity index (χ4n) is 2.90. The minimum Gasteiger partial charge on any atom is -0.379 e. The van der Waals surface area contributed by atoms with Crippen LogP contribution in [0.15, 0.2) is 35.3 Å². The molecule has 1 aliphatic rings. The lowest BCUT2D eigenvalue weighted by Gasteiger charge is -2.26. The van der Waals surface area contributed by atoms with E-state index in [0.717, 1.165) is 32.8 Å². The molecule has 0 saturated carbocycles. The maximum absolute atomic E-state index is 12.5. The number of nitrogens with zero attached hydrogens (tertiary/aromatic N) is 3. The molecular weight excluding hydrogens is 340 g/mol. The van der Waals surface area contributed by atoms with E-state index >= 15 is 0 Å². The molecule has 0 aliphatic carbocycles. The fourth-order valence-corrected chi connectivity index (χ4v) is 3.85. The third-order valence-electron chi connectivity index (χ3n) is 4.26. The Balaban J connectivity index is 1.50. The maximum Gasteiger partial charge on any atom is 0.266 e. The van der Waals surface area contributed by atoms with Gasteiger partial charge in [0.15, 0.2) is 0 Å². The third-order valence-corrected chi connectivity index (χ3v) is 5.28. The Hall–Kier alpha value is -2.29. The summed E-state index contributed by atoms with van der Waals surface area (Å²) in [6.07, 6.45) is 1.68. The average Bonchev–Trinajstić information content (AvgIpc) is 3.07. The molecule has 3 aromatic heterocycles. The van der Waals surface area contributed by atoms with Gasteiger partial charge in [-0.05, 0) is 18.2 Å². The standard InChI is InChI=1S/C17H18N4O3S/c22-15(18-4-6-20-7-9-24-10-8-20)13-11-12-16(25-13)19-14-3-1-2-5-21(14)17(12)23/h1-3,5,11H,4,6-10H2,(H,18,22). The van der Waals surface area contributed by atoms with Crippen LogP contribution < -0.4 is 10.9 Å².